The minimum absolute atomic E-state index is 0.000340. The zero-order valence-electron chi connectivity index (χ0n) is 7.29. The summed E-state index contributed by atoms with van der Waals surface area (Å²) in [4.78, 5) is 10.9. The molecular weight excluding hydrogens is 208 g/mol. The summed E-state index contributed by atoms with van der Waals surface area (Å²) in [6.45, 7) is 1.58. The molecule has 1 aliphatic rings. The van der Waals surface area contributed by atoms with Gasteiger partial charge >= 0.3 is 5.97 Å². The summed E-state index contributed by atoms with van der Waals surface area (Å²) in [7, 11) is 0. The zero-order chi connectivity index (χ0) is 10.1. The molecule has 0 aromatic carbocycles. The lowest BCUT2D eigenvalue weighted by atomic mass is 10.0. The molecule has 0 spiro atoms. The summed E-state index contributed by atoms with van der Waals surface area (Å²) < 4.78 is 4.94. The quantitative estimate of drug-likeness (QED) is 0.775. The van der Waals surface area contributed by atoms with Crippen LogP contribution in [-0.4, -0.2) is 29.3 Å². The second-order valence-electron chi connectivity index (χ2n) is 3.21. The molecule has 1 aromatic heterocycles. The minimum Gasteiger partial charge on any atom is -0.477 e. The second-order valence-corrected chi connectivity index (χ2v) is 3.57. The number of carboxylic acids is 1. The highest BCUT2D eigenvalue weighted by Gasteiger charge is 2.29. The minimum atomic E-state index is -1.09. The topological polar surface area (TPSA) is 75.4 Å². The van der Waals surface area contributed by atoms with Crippen molar-refractivity contribution in [3.8, 4) is 0 Å². The third kappa shape index (κ3) is 1.49. The van der Waals surface area contributed by atoms with Gasteiger partial charge in [-0.2, -0.15) is 0 Å². The lowest BCUT2D eigenvalue weighted by molar-refractivity contribution is 0.0694. The van der Waals surface area contributed by atoms with E-state index in [2.05, 4.69) is 10.5 Å². The van der Waals surface area contributed by atoms with Crippen molar-refractivity contribution in [1.29, 1.82) is 0 Å². The van der Waals surface area contributed by atoms with Crippen molar-refractivity contribution >= 4 is 17.6 Å². The van der Waals surface area contributed by atoms with Crippen molar-refractivity contribution in [2.24, 2.45) is 0 Å². The maximum atomic E-state index is 10.9. The fourth-order valence-electron chi connectivity index (χ4n) is 1.63. The average Bonchev–Trinajstić information content (AvgIpc) is 2.70. The number of carbonyl (C=O) groups is 1. The number of aromatic nitrogens is 1. The molecule has 0 amide bonds. The van der Waals surface area contributed by atoms with E-state index in [1.54, 1.807) is 0 Å². The van der Waals surface area contributed by atoms with Gasteiger partial charge in [0.05, 0.1) is 0 Å². The van der Waals surface area contributed by atoms with E-state index >= 15 is 0 Å². The van der Waals surface area contributed by atoms with Crippen LogP contribution >= 0.6 is 11.6 Å². The number of hydrogen-bond acceptors (Lipinski definition) is 4. The Morgan fingerprint density at radius 2 is 2.50 bits per heavy atom. The van der Waals surface area contributed by atoms with Crippen LogP contribution in [0.5, 0.6) is 0 Å². The Morgan fingerprint density at radius 3 is 3.07 bits per heavy atom. The van der Waals surface area contributed by atoms with Gasteiger partial charge in [0.1, 0.15) is 5.56 Å². The molecule has 1 fully saturated rings. The maximum Gasteiger partial charge on any atom is 0.342 e. The molecule has 1 unspecified atom stereocenters. The summed E-state index contributed by atoms with van der Waals surface area (Å²) in [5.41, 5.74) is 0.000340. The van der Waals surface area contributed by atoms with Crippen LogP contribution in [0, 0.1) is 0 Å². The summed E-state index contributed by atoms with van der Waals surface area (Å²) in [5.74, 6) is -0.633. The molecule has 14 heavy (non-hydrogen) atoms. The van der Waals surface area contributed by atoms with Gasteiger partial charge in [0.25, 0.3) is 0 Å². The van der Waals surface area contributed by atoms with Crippen LogP contribution in [0.3, 0.4) is 0 Å². The van der Waals surface area contributed by atoms with Crippen LogP contribution in [-0.2, 0) is 0 Å². The number of aromatic carboxylic acids is 1. The molecule has 0 saturated carbocycles. The number of carboxylic acid groups (broad SMARTS) is 1. The molecule has 0 bridgehead atoms. The van der Waals surface area contributed by atoms with Crippen LogP contribution in [0.2, 0.25) is 5.15 Å². The Morgan fingerprint density at radius 1 is 1.71 bits per heavy atom. The molecule has 5 nitrogen and oxygen atoms in total. The number of rotatable bonds is 2. The van der Waals surface area contributed by atoms with Crippen molar-refractivity contribution in [3.05, 3.63) is 16.5 Å². The fraction of sp³-hybridized carbons (Fsp3) is 0.500. The van der Waals surface area contributed by atoms with Gasteiger partial charge in [0.2, 0.25) is 0 Å². The van der Waals surface area contributed by atoms with Crippen molar-refractivity contribution < 1.29 is 14.4 Å². The lowest BCUT2D eigenvalue weighted by Gasteiger charge is -2.03. The SMILES string of the molecule is O=C(O)c1c(Cl)noc1C1CCNC1. The molecule has 1 aliphatic heterocycles. The molecule has 2 N–H and O–H groups in total. The Hall–Kier alpha value is -1.07. The predicted molar refractivity (Wildman–Crippen MR) is 48.7 cm³/mol. The zero-order valence-corrected chi connectivity index (χ0v) is 8.04. The van der Waals surface area contributed by atoms with Crippen molar-refractivity contribution in [1.82, 2.24) is 10.5 Å². The number of nitrogens with zero attached hydrogens (tertiary/aromatic N) is 1. The Bertz CT molecular complexity index is 357. The Labute approximate surface area is 85.0 Å². The summed E-state index contributed by atoms with van der Waals surface area (Å²) in [5, 5.41) is 15.4. The molecule has 6 heteroatoms. The predicted octanol–water partition coefficient (Wildman–Crippen LogP) is 1.10. The fourth-order valence-corrected chi connectivity index (χ4v) is 1.84. The third-order valence-electron chi connectivity index (χ3n) is 2.32. The van der Waals surface area contributed by atoms with Crippen LogP contribution in [0.1, 0.15) is 28.5 Å². The van der Waals surface area contributed by atoms with E-state index in [0.717, 1.165) is 13.0 Å². The summed E-state index contributed by atoms with van der Waals surface area (Å²) in [6.07, 6.45) is 0.853. The van der Waals surface area contributed by atoms with Gasteiger partial charge in [-0.15, -0.1) is 0 Å². The van der Waals surface area contributed by atoms with E-state index in [0.29, 0.717) is 12.3 Å². The molecule has 76 valence electrons. The molecule has 0 radical (unpaired) electrons. The van der Waals surface area contributed by atoms with Gasteiger partial charge in [-0.1, -0.05) is 16.8 Å². The van der Waals surface area contributed by atoms with Crippen LogP contribution in [0.4, 0.5) is 0 Å². The summed E-state index contributed by atoms with van der Waals surface area (Å²) in [6, 6.07) is 0. The van der Waals surface area contributed by atoms with Crippen LogP contribution in [0.25, 0.3) is 0 Å². The average molecular weight is 217 g/mol. The highest BCUT2D eigenvalue weighted by atomic mass is 35.5. The van der Waals surface area contributed by atoms with Gasteiger partial charge in [-0.3, -0.25) is 0 Å². The highest BCUT2D eigenvalue weighted by molar-refractivity contribution is 6.32. The normalized spacial score (nSPS) is 21.4. The van der Waals surface area contributed by atoms with Gasteiger partial charge in [0.15, 0.2) is 10.9 Å². The van der Waals surface area contributed by atoms with E-state index < -0.39 is 5.97 Å². The van der Waals surface area contributed by atoms with Crippen molar-refractivity contribution in [2.75, 3.05) is 13.1 Å². The van der Waals surface area contributed by atoms with Crippen molar-refractivity contribution in [3.63, 3.8) is 0 Å². The standard InChI is InChI=1S/C8H9ClN2O3/c9-7-5(8(12)13)6(14-11-7)4-1-2-10-3-4/h4,10H,1-3H2,(H,12,13). The summed E-state index contributed by atoms with van der Waals surface area (Å²) >= 11 is 5.61. The van der Waals surface area contributed by atoms with Gasteiger partial charge in [-0.25, -0.2) is 4.79 Å². The Balaban J connectivity index is 2.37. The van der Waals surface area contributed by atoms with Gasteiger partial charge < -0.3 is 14.9 Å². The van der Waals surface area contributed by atoms with Crippen LogP contribution < -0.4 is 5.32 Å². The van der Waals surface area contributed by atoms with Crippen molar-refractivity contribution in [2.45, 2.75) is 12.3 Å². The molecular formula is C8H9ClN2O3. The molecule has 1 saturated heterocycles. The smallest absolute Gasteiger partial charge is 0.342 e. The van der Waals surface area contributed by atoms with E-state index in [9.17, 15) is 4.79 Å². The van der Waals surface area contributed by atoms with E-state index in [1.807, 2.05) is 0 Å². The van der Waals surface area contributed by atoms with Gasteiger partial charge in [0, 0.05) is 12.5 Å². The number of nitrogens with one attached hydrogen (secondary N) is 1. The number of halogens is 1. The number of hydrogen-bond donors (Lipinski definition) is 2. The first-order chi connectivity index (χ1) is 6.70. The lowest BCUT2D eigenvalue weighted by Crippen LogP contribution is -2.10. The first kappa shape index (κ1) is 9.48. The highest BCUT2D eigenvalue weighted by Crippen LogP contribution is 2.29. The van der Waals surface area contributed by atoms with Gasteiger partial charge in [-0.05, 0) is 13.0 Å². The van der Waals surface area contributed by atoms with Crippen LogP contribution in [0.15, 0.2) is 4.52 Å². The molecule has 0 aliphatic carbocycles. The molecule has 1 atom stereocenters. The molecule has 2 rings (SSSR count). The monoisotopic (exact) mass is 216 g/mol. The molecule has 1 aromatic rings. The van der Waals surface area contributed by atoms with E-state index in [1.165, 1.54) is 0 Å². The first-order valence-corrected chi connectivity index (χ1v) is 4.67. The maximum absolute atomic E-state index is 10.9. The van der Waals surface area contributed by atoms with E-state index in [4.69, 9.17) is 21.2 Å². The third-order valence-corrected chi connectivity index (χ3v) is 2.58. The second kappa shape index (κ2) is 3.59. The molecule has 2 heterocycles. The van der Waals surface area contributed by atoms with E-state index in [-0.39, 0.29) is 16.6 Å². The first-order valence-electron chi connectivity index (χ1n) is 4.29. The Kier molecular flexibility index (Phi) is 2.43. The largest absolute Gasteiger partial charge is 0.477 e.